The highest BCUT2D eigenvalue weighted by Gasteiger charge is 2.11. The van der Waals surface area contributed by atoms with E-state index in [4.69, 9.17) is 5.11 Å². The first-order valence-electron chi connectivity index (χ1n) is 5.06. The van der Waals surface area contributed by atoms with Crippen LogP contribution in [0.5, 0.6) is 0 Å². The molecule has 1 heterocycles. The number of nitrogens with one attached hydrogen (secondary N) is 1. The van der Waals surface area contributed by atoms with Gasteiger partial charge in [-0.1, -0.05) is 29.5 Å². The lowest BCUT2D eigenvalue weighted by Gasteiger charge is -1.99. The van der Waals surface area contributed by atoms with Gasteiger partial charge in [-0.3, -0.25) is 14.9 Å². The second kappa shape index (κ2) is 5.37. The number of rotatable bonds is 4. The molecule has 0 aliphatic carbocycles. The second-order valence-corrected chi connectivity index (χ2v) is 4.45. The topological polar surface area (TPSA) is 92.2 Å². The van der Waals surface area contributed by atoms with E-state index in [0.717, 1.165) is 11.3 Å². The fraction of sp³-hybridized carbons (Fsp3) is 0.0909. The number of benzene rings is 1. The molecule has 0 spiro atoms. The average molecular weight is 263 g/mol. The summed E-state index contributed by atoms with van der Waals surface area (Å²) in [6.07, 6.45) is -0.196. The second-order valence-electron chi connectivity index (χ2n) is 3.39. The van der Waals surface area contributed by atoms with Crippen molar-refractivity contribution < 1.29 is 14.7 Å². The minimum atomic E-state index is -0.980. The highest BCUT2D eigenvalue weighted by molar-refractivity contribution is 7.15. The number of aliphatic carboxylic acids is 1. The van der Waals surface area contributed by atoms with Crippen molar-refractivity contribution in [3.05, 3.63) is 40.9 Å². The summed E-state index contributed by atoms with van der Waals surface area (Å²) in [5, 5.41) is 19.2. The van der Waals surface area contributed by atoms with Crippen LogP contribution in [0.3, 0.4) is 0 Å². The van der Waals surface area contributed by atoms with Crippen LogP contribution in [0.4, 0.5) is 5.13 Å². The van der Waals surface area contributed by atoms with Gasteiger partial charge in [-0.05, 0) is 12.1 Å². The SMILES string of the molecule is O=C(O)Cc1nnc(NC(=O)c2ccccc2)s1. The number of aromatic nitrogens is 2. The van der Waals surface area contributed by atoms with E-state index >= 15 is 0 Å². The van der Waals surface area contributed by atoms with Gasteiger partial charge in [-0.2, -0.15) is 0 Å². The van der Waals surface area contributed by atoms with E-state index in [1.807, 2.05) is 6.07 Å². The standard InChI is InChI=1S/C11H9N3O3S/c15-9(16)6-8-13-14-11(18-8)12-10(17)7-4-2-1-3-5-7/h1-5H,6H2,(H,15,16)(H,12,14,17). The summed E-state index contributed by atoms with van der Waals surface area (Å²) in [4.78, 5) is 22.2. The van der Waals surface area contributed by atoms with Crippen LogP contribution in [0, 0.1) is 0 Å². The van der Waals surface area contributed by atoms with E-state index in [0.29, 0.717) is 15.7 Å². The first-order valence-corrected chi connectivity index (χ1v) is 5.87. The summed E-state index contributed by atoms with van der Waals surface area (Å²) in [6, 6.07) is 8.67. The van der Waals surface area contributed by atoms with Gasteiger partial charge in [0.15, 0.2) is 0 Å². The van der Waals surface area contributed by atoms with Gasteiger partial charge in [-0.15, -0.1) is 10.2 Å². The number of hydrogen-bond acceptors (Lipinski definition) is 5. The molecule has 0 saturated carbocycles. The molecule has 0 aliphatic heterocycles. The molecule has 0 radical (unpaired) electrons. The summed E-state index contributed by atoms with van der Waals surface area (Å²) in [6.45, 7) is 0. The van der Waals surface area contributed by atoms with Gasteiger partial charge < -0.3 is 5.11 Å². The maximum atomic E-state index is 11.8. The van der Waals surface area contributed by atoms with Gasteiger partial charge in [0.25, 0.3) is 5.91 Å². The lowest BCUT2D eigenvalue weighted by atomic mass is 10.2. The summed E-state index contributed by atoms with van der Waals surface area (Å²) in [5.74, 6) is -1.28. The third kappa shape index (κ3) is 3.11. The Balaban J connectivity index is 2.04. The van der Waals surface area contributed by atoms with Crippen molar-refractivity contribution in [1.82, 2.24) is 10.2 Å². The molecular weight excluding hydrogens is 254 g/mol. The number of anilines is 1. The molecule has 2 N–H and O–H groups in total. The van der Waals surface area contributed by atoms with Gasteiger partial charge in [0.1, 0.15) is 5.01 Å². The Hall–Kier alpha value is -2.28. The average Bonchev–Trinajstić information content (AvgIpc) is 2.76. The Labute approximate surface area is 106 Å². The number of carbonyl (C=O) groups is 2. The Bertz CT molecular complexity index is 568. The van der Waals surface area contributed by atoms with Crippen LogP contribution in [0.15, 0.2) is 30.3 Å². The van der Waals surface area contributed by atoms with Crippen molar-refractivity contribution in [3.63, 3.8) is 0 Å². The number of hydrogen-bond donors (Lipinski definition) is 2. The zero-order chi connectivity index (χ0) is 13.0. The highest BCUT2D eigenvalue weighted by Crippen LogP contribution is 2.16. The molecule has 1 aromatic heterocycles. The maximum absolute atomic E-state index is 11.8. The maximum Gasteiger partial charge on any atom is 0.310 e. The van der Waals surface area contributed by atoms with Crippen LogP contribution >= 0.6 is 11.3 Å². The molecule has 0 aliphatic rings. The van der Waals surface area contributed by atoms with Crippen molar-refractivity contribution in [2.24, 2.45) is 0 Å². The Kier molecular flexibility index (Phi) is 3.63. The van der Waals surface area contributed by atoms with E-state index in [2.05, 4.69) is 15.5 Å². The molecule has 1 amide bonds. The zero-order valence-corrected chi connectivity index (χ0v) is 9.98. The fourth-order valence-corrected chi connectivity index (χ4v) is 1.99. The molecule has 0 bridgehead atoms. The van der Waals surface area contributed by atoms with Gasteiger partial charge >= 0.3 is 5.97 Å². The van der Waals surface area contributed by atoms with Gasteiger partial charge in [0, 0.05) is 5.56 Å². The molecular formula is C11H9N3O3S. The van der Waals surface area contributed by atoms with Crippen LogP contribution in [0.25, 0.3) is 0 Å². The van der Waals surface area contributed by atoms with E-state index in [-0.39, 0.29) is 12.3 Å². The largest absolute Gasteiger partial charge is 0.481 e. The molecule has 6 nitrogen and oxygen atoms in total. The third-order valence-electron chi connectivity index (χ3n) is 2.03. The molecule has 2 rings (SSSR count). The monoisotopic (exact) mass is 263 g/mol. The predicted octanol–water partition coefficient (Wildman–Crippen LogP) is 1.42. The van der Waals surface area contributed by atoms with E-state index in [1.54, 1.807) is 24.3 Å². The van der Waals surface area contributed by atoms with Crippen LogP contribution in [-0.4, -0.2) is 27.2 Å². The Morgan fingerprint density at radius 2 is 1.94 bits per heavy atom. The number of carbonyl (C=O) groups excluding carboxylic acids is 1. The molecule has 2 aromatic rings. The smallest absolute Gasteiger partial charge is 0.310 e. The molecule has 92 valence electrons. The lowest BCUT2D eigenvalue weighted by molar-refractivity contribution is -0.136. The lowest BCUT2D eigenvalue weighted by Crippen LogP contribution is -2.11. The Morgan fingerprint density at radius 3 is 2.61 bits per heavy atom. The summed E-state index contributed by atoms with van der Waals surface area (Å²) < 4.78 is 0. The van der Waals surface area contributed by atoms with Crippen LogP contribution in [0.1, 0.15) is 15.4 Å². The number of carboxylic acids is 1. The van der Waals surface area contributed by atoms with Crippen molar-refractivity contribution in [3.8, 4) is 0 Å². The molecule has 7 heteroatoms. The molecule has 18 heavy (non-hydrogen) atoms. The summed E-state index contributed by atoms with van der Waals surface area (Å²) in [7, 11) is 0. The van der Waals surface area contributed by atoms with Crippen molar-refractivity contribution in [2.45, 2.75) is 6.42 Å². The van der Waals surface area contributed by atoms with Crippen molar-refractivity contribution in [1.29, 1.82) is 0 Å². The van der Waals surface area contributed by atoms with Gasteiger partial charge in [0.2, 0.25) is 5.13 Å². The first-order chi connectivity index (χ1) is 8.65. The third-order valence-corrected chi connectivity index (χ3v) is 2.86. The quantitative estimate of drug-likeness (QED) is 0.870. The highest BCUT2D eigenvalue weighted by atomic mass is 32.1. The van der Waals surface area contributed by atoms with Crippen LogP contribution < -0.4 is 5.32 Å². The van der Waals surface area contributed by atoms with Crippen LogP contribution in [0.2, 0.25) is 0 Å². The molecule has 0 atom stereocenters. The molecule has 0 unspecified atom stereocenters. The van der Waals surface area contributed by atoms with Crippen molar-refractivity contribution >= 4 is 28.3 Å². The van der Waals surface area contributed by atoms with Crippen LogP contribution in [-0.2, 0) is 11.2 Å². The summed E-state index contributed by atoms with van der Waals surface area (Å²) >= 11 is 1.05. The van der Waals surface area contributed by atoms with E-state index < -0.39 is 5.97 Å². The first kappa shape index (κ1) is 12.2. The normalized spacial score (nSPS) is 10.0. The minimum Gasteiger partial charge on any atom is -0.481 e. The summed E-state index contributed by atoms with van der Waals surface area (Å²) in [5.41, 5.74) is 0.507. The Morgan fingerprint density at radius 1 is 1.22 bits per heavy atom. The van der Waals surface area contributed by atoms with Gasteiger partial charge in [0.05, 0.1) is 6.42 Å². The van der Waals surface area contributed by atoms with Gasteiger partial charge in [-0.25, -0.2) is 0 Å². The van der Waals surface area contributed by atoms with Crippen molar-refractivity contribution in [2.75, 3.05) is 5.32 Å². The molecule has 1 aromatic carbocycles. The molecule has 0 saturated heterocycles. The zero-order valence-electron chi connectivity index (χ0n) is 9.16. The van der Waals surface area contributed by atoms with E-state index in [9.17, 15) is 9.59 Å². The van der Waals surface area contributed by atoms with E-state index in [1.165, 1.54) is 0 Å². The molecule has 0 fully saturated rings. The predicted molar refractivity (Wildman–Crippen MR) is 65.6 cm³/mol. The minimum absolute atomic E-state index is 0.196. The number of amides is 1. The number of nitrogens with zero attached hydrogens (tertiary/aromatic N) is 2. The number of carboxylic acid groups (broad SMARTS) is 1. The fourth-order valence-electron chi connectivity index (χ4n) is 1.26.